The molecule has 0 bridgehead atoms. The summed E-state index contributed by atoms with van der Waals surface area (Å²) in [6.45, 7) is 5.95. The van der Waals surface area contributed by atoms with E-state index in [0.29, 0.717) is 17.5 Å². The molecule has 1 fully saturated rings. The lowest BCUT2D eigenvalue weighted by Crippen LogP contribution is -2.35. The number of rotatable bonds is 6. The second-order valence-corrected chi connectivity index (χ2v) is 9.02. The third kappa shape index (κ3) is 5.87. The highest BCUT2D eigenvalue weighted by Crippen LogP contribution is 2.27. The van der Waals surface area contributed by atoms with Gasteiger partial charge in [-0.05, 0) is 36.2 Å². The highest BCUT2D eigenvalue weighted by Gasteiger charge is 2.22. The molecule has 0 saturated carbocycles. The summed E-state index contributed by atoms with van der Waals surface area (Å²) < 4.78 is 5.04. The molecule has 0 radical (unpaired) electrons. The predicted molar refractivity (Wildman–Crippen MR) is 122 cm³/mol. The fourth-order valence-electron chi connectivity index (χ4n) is 3.66. The van der Waals surface area contributed by atoms with Gasteiger partial charge in [0.05, 0.1) is 11.3 Å². The topological polar surface area (TPSA) is 62.5 Å². The third-order valence-electron chi connectivity index (χ3n) is 5.24. The van der Waals surface area contributed by atoms with Crippen LogP contribution in [-0.4, -0.2) is 52.0 Å². The van der Waals surface area contributed by atoms with E-state index < -0.39 is 0 Å². The van der Waals surface area contributed by atoms with Gasteiger partial charge >= 0.3 is 0 Å². The van der Waals surface area contributed by atoms with Crippen LogP contribution in [0.15, 0.2) is 57.9 Å². The summed E-state index contributed by atoms with van der Waals surface area (Å²) in [4.78, 5) is 22.9. The monoisotopic (exact) mass is 456 g/mol. The first-order valence-corrected chi connectivity index (χ1v) is 11.7. The quantitative estimate of drug-likeness (QED) is 0.502. The molecule has 1 amide bonds. The molecule has 1 aromatic heterocycles. The molecular formula is C23H25ClN4O2S. The van der Waals surface area contributed by atoms with Crippen molar-refractivity contribution in [2.24, 2.45) is 0 Å². The lowest BCUT2D eigenvalue weighted by atomic mass is 10.2. The second kappa shape index (κ2) is 10.3. The molecule has 0 atom stereocenters. The van der Waals surface area contributed by atoms with E-state index in [1.165, 1.54) is 5.56 Å². The van der Waals surface area contributed by atoms with Crippen molar-refractivity contribution in [1.82, 2.24) is 19.9 Å². The zero-order valence-corrected chi connectivity index (χ0v) is 19.0. The van der Waals surface area contributed by atoms with Gasteiger partial charge in [0.25, 0.3) is 5.91 Å². The van der Waals surface area contributed by atoms with Gasteiger partial charge < -0.3 is 9.42 Å². The van der Waals surface area contributed by atoms with Crippen LogP contribution in [-0.2, 0) is 12.3 Å². The van der Waals surface area contributed by atoms with Crippen LogP contribution in [0.3, 0.4) is 0 Å². The largest absolute Gasteiger partial charge is 0.340 e. The fraction of sp³-hybridized carbons (Fsp3) is 0.348. The van der Waals surface area contributed by atoms with Crippen molar-refractivity contribution in [3.05, 3.63) is 76.4 Å². The van der Waals surface area contributed by atoms with Gasteiger partial charge in [-0.15, -0.1) is 11.8 Å². The summed E-state index contributed by atoms with van der Waals surface area (Å²) in [5, 5.41) is 4.69. The summed E-state index contributed by atoms with van der Waals surface area (Å²) in [7, 11) is 0. The number of benzene rings is 2. The zero-order chi connectivity index (χ0) is 21.6. The van der Waals surface area contributed by atoms with E-state index in [4.69, 9.17) is 16.1 Å². The third-order valence-corrected chi connectivity index (χ3v) is 6.56. The first kappa shape index (κ1) is 21.9. The number of halogens is 1. The van der Waals surface area contributed by atoms with Gasteiger partial charge in [-0.2, -0.15) is 4.98 Å². The number of aryl methyl sites for hydroxylation is 1. The maximum absolute atomic E-state index is 13.3. The van der Waals surface area contributed by atoms with Gasteiger partial charge in [-0.1, -0.05) is 41.0 Å². The molecule has 8 heteroatoms. The van der Waals surface area contributed by atoms with Crippen LogP contribution in [0.4, 0.5) is 0 Å². The summed E-state index contributed by atoms with van der Waals surface area (Å²) in [6, 6.07) is 15.7. The molecule has 0 unspecified atom stereocenters. The number of hydrogen-bond acceptors (Lipinski definition) is 6. The van der Waals surface area contributed by atoms with Crippen LogP contribution in [0.1, 0.15) is 34.1 Å². The summed E-state index contributed by atoms with van der Waals surface area (Å²) in [6.07, 6.45) is 0.955. The standard InChI is InChI=1S/C23H25ClN4O2S/c1-17-25-22(26-30-17)16-31-21-6-3-2-5-20(21)23(29)28-12-4-11-27(13-14-28)15-18-7-9-19(24)10-8-18/h2-3,5-10H,4,11-16H2,1H3. The Morgan fingerprint density at radius 1 is 1.10 bits per heavy atom. The summed E-state index contributed by atoms with van der Waals surface area (Å²) >= 11 is 7.55. The van der Waals surface area contributed by atoms with E-state index in [-0.39, 0.29) is 5.91 Å². The molecule has 31 heavy (non-hydrogen) atoms. The molecule has 0 spiro atoms. The highest BCUT2D eigenvalue weighted by molar-refractivity contribution is 7.98. The van der Waals surface area contributed by atoms with E-state index in [1.807, 2.05) is 41.3 Å². The average Bonchev–Trinajstić information content (AvgIpc) is 3.06. The van der Waals surface area contributed by atoms with Gasteiger partial charge in [0.2, 0.25) is 5.89 Å². The van der Waals surface area contributed by atoms with Gasteiger partial charge in [-0.3, -0.25) is 9.69 Å². The Hall–Kier alpha value is -2.35. The number of carbonyl (C=O) groups excluding carboxylic acids is 1. The van der Waals surface area contributed by atoms with Crippen molar-refractivity contribution in [3.8, 4) is 0 Å². The van der Waals surface area contributed by atoms with Gasteiger partial charge in [0.15, 0.2) is 5.82 Å². The van der Waals surface area contributed by atoms with E-state index in [9.17, 15) is 4.79 Å². The van der Waals surface area contributed by atoms with E-state index >= 15 is 0 Å². The zero-order valence-electron chi connectivity index (χ0n) is 17.5. The van der Waals surface area contributed by atoms with Crippen molar-refractivity contribution in [1.29, 1.82) is 0 Å². The van der Waals surface area contributed by atoms with Gasteiger partial charge in [-0.25, -0.2) is 0 Å². The minimum atomic E-state index is 0.0840. The fourth-order valence-corrected chi connectivity index (χ4v) is 4.68. The smallest absolute Gasteiger partial charge is 0.255 e. The maximum Gasteiger partial charge on any atom is 0.255 e. The van der Waals surface area contributed by atoms with Crippen molar-refractivity contribution in [2.45, 2.75) is 30.5 Å². The Morgan fingerprint density at radius 2 is 1.90 bits per heavy atom. The minimum absolute atomic E-state index is 0.0840. The summed E-state index contributed by atoms with van der Waals surface area (Å²) in [5.74, 6) is 1.84. The summed E-state index contributed by atoms with van der Waals surface area (Å²) in [5.41, 5.74) is 1.97. The average molecular weight is 457 g/mol. The number of carbonyl (C=O) groups is 1. The maximum atomic E-state index is 13.3. The molecule has 2 aromatic carbocycles. The van der Waals surface area contributed by atoms with Crippen molar-refractivity contribution < 1.29 is 9.32 Å². The number of thioether (sulfide) groups is 1. The Morgan fingerprint density at radius 3 is 2.68 bits per heavy atom. The molecule has 3 aromatic rings. The highest BCUT2D eigenvalue weighted by atomic mass is 35.5. The Bertz CT molecular complexity index is 1020. The molecule has 4 rings (SSSR count). The first-order chi connectivity index (χ1) is 15.1. The number of nitrogens with zero attached hydrogens (tertiary/aromatic N) is 4. The minimum Gasteiger partial charge on any atom is -0.340 e. The lowest BCUT2D eigenvalue weighted by molar-refractivity contribution is 0.0757. The SMILES string of the molecule is Cc1nc(CSc2ccccc2C(=O)N2CCCN(Cc3ccc(Cl)cc3)CC2)no1. The normalized spacial score (nSPS) is 15.1. The molecule has 1 saturated heterocycles. The Balaban J connectivity index is 1.38. The number of aromatic nitrogens is 2. The number of hydrogen-bond donors (Lipinski definition) is 0. The second-order valence-electron chi connectivity index (χ2n) is 7.56. The molecule has 2 heterocycles. The van der Waals surface area contributed by atoms with Crippen LogP contribution in [0, 0.1) is 6.92 Å². The van der Waals surface area contributed by atoms with Crippen LogP contribution in [0.2, 0.25) is 5.02 Å². The molecule has 162 valence electrons. The molecule has 6 nitrogen and oxygen atoms in total. The molecule has 0 N–H and O–H groups in total. The molecule has 1 aliphatic rings. The molecule has 1 aliphatic heterocycles. The molecular weight excluding hydrogens is 432 g/mol. The Labute approximate surface area is 191 Å². The first-order valence-electron chi connectivity index (χ1n) is 10.4. The van der Waals surface area contributed by atoms with Crippen LogP contribution in [0.5, 0.6) is 0 Å². The molecule has 0 aliphatic carbocycles. The lowest BCUT2D eigenvalue weighted by Gasteiger charge is -2.23. The number of amides is 1. The van der Waals surface area contributed by atoms with Crippen molar-refractivity contribution >= 4 is 29.3 Å². The van der Waals surface area contributed by atoms with Crippen LogP contribution >= 0.6 is 23.4 Å². The van der Waals surface area contributed by atoms with E-state index in [2.05, 4.69) is 27.2 Å². The van der Waals surface area contributed by atoms with E-state index in [1.54, 1.807) is 18.7 Å². The van der Waals surface area contributed by atoms with Crippen molar-refractivity contribution in [3.63, 3.8) is 0 Å². The van der Waals surface area contributed by atoms with Crippen molar-refractivity contribution in [2.75, 3.05) is 26.2 Å². The van der Waals surface area contributed by atoms with Crippen LogP contribution < -0.4 is 0 Å². The predicted octanol–water partition coefficient (Wildman–Crippen LogP) is 4.67. The van der Waals surface area contributed by atoms with Gasteiger partial charge in [0.1, 0.15) is 0 Å². The van der Waals surface area contributed by atoms with Gasteiger partial charge in [0, 0.05) is 49.6 Å². The van der Waals surface area contributed by atoms with Crippen LogP contribution in [0.25, 0.3) is 0 Å². The van der Waals surface area contributed by atoms with E-state index in [0.717, 1.165) is 54.6 Å². The Kier molecular flexibility index (Phi) is 7.27.